The second-order valence-corrected chi connectivity index (χ2v) is 5.84. The summed E-state index contributed by atoms with van der Waals surface area (Å²) in [6, 6.07) is 7.97. The molecule has 0 spiro atoms. The lowest BCUT2D eigenvalue weighted by Crippen LogP contribution is -2.23. The van der Waals surface area contributed by atoms with E-state index in [-0.39, 0.29) is 5.56 Å². The average Bonchev–Trinajstić information content (AvgIpc) is 2.43. The Labute approximate surface area is 133 Å². The van der Waals surface area contributed by atoms with Crippen LogP contribution >= 0.6 is 31.9 Å². The van der Waals surface area contributed by atoms with E-state index in [1.54, 1.807) is 12.3 Å². The molecule has 1 N–H and O–H groups in total. The van der Waals surface area contributed by atoms with Crippen LogP contribution in [0.15, 0.2) is 56.9 Å². The largest absolute Gasteiger partial charge is 0.379 e. The molecule has 0 radical (unpaired) electrons. The zero-order valence-corrected chi connectivity index (χ0v) is 13.8. The fourth-order valence-electron chi connectivity index (χ4n) is 1.68. The van der Waals surface area contributed by atoms with Crippen molar-refractivity contribution in [3.63, 3.8) is 0 Å². The van der Waals surface area contributed by atoms with Crippen molar-refractivity contribution < 1.29 is 0 Å². The molecule has 0 saturated carbocycles. The first-order chi connectivity index (χ1) is 9.61. The van der Waals surface area contributed by atoms with Gasteiger partial charge in [-0.05, 0) is 33.6 Å². The Morgan fingerprint density at radius 1 is 1.40 bits per heavy atom. The Morgan fingerprint density at radius 3 is 2.90 bits per heavy atom. The maximum atomic E-state index is 12.0. The lowest BCUT2D eigenvalue weighted by molar-refractivity contribution is 0.649. The van der Waals surface area contributed by atoms with Crippen LogP contribution in [0, 0.1) is 0 Å². The number of aromatic nitrogens is 2. The number of nitrogens with one attached hydrogen (secondary N) is 1. The first-order valence-corrected chi connectivity index (χ1v) is 7.55. The molecule has 2 aromatic rings. The van der Waals surface area contributed by atoms with Gasteiger partial charge in [0.2, 0.25) is 0 Å². The smallest absolute Gasteiger partial charge is 0.283 e. The third kappa shape index (κ3) is 3.58. The summed E-state index contributed by atoms with van der Waals surface area (Å²) in [5.74, 6) is 0. The van der Waals surface area contributed by atoms with Gasteiger partial charge in [-0.1, -0.05) is 34.1 Å². The lowest BCUT2D eigenvalue weighted by Gasteiger charge is -2.10. The Kier molecular flexibility index (Phi) is 5.14. The van der Waals surface area contributed by atoms with E-state index in [4.69, 9.17) is 0 Å². The Balaban J connectivity index is 2.16. The third-order valence-corrected chi connectivity index (χ3v) is 3.92. The highest BCUT2D eigenvalue weighted by Crippen LogP contribution is 2.18. The molecule has 1 heterocycles. The summed E-state index contributed by atoms with van der Waals surface area (Å²) in [5.41, 5.74) is 1.61. The van der Waals surface area contributed by atoms with E-state index in [0.717, 1.165) is 10.0 Å². The number of hydrogen-bond donors (Lipinski definition) is 1. The topological polar surface area (TPSA) is 46.9 Å². The fraction of sp³-hybridized carbons (Fsp3) is 0.143. The van der Waals surface area contributed by atoms with Crippen molar-refractivity contribution in [1.29, 1.82) is 0 Å². The van der Waals surface area contributed by atoms with E-state index in [1.807, 2.05) is 24.3 Å². The summed E-state index contributed by atoms with van der Waals surface area (Å²) in [4.78, 5) is 12.0. The number of hydrogen-bond acceptors (Lipinski definition) is 3. The van der Waals surface area contributed by atoms with Crippen LogP contribution in [0.25, 0.3) is 0 Å². The Morgan fingerprint density at radius 2 is 2.20 bits per heavy atom. The first kappa shape index (κ1) is 15.0. The molecule has 0 fully saturated rings. The van der Waals surface area contributed by atoms with Gasteiger partial charge in [-0.25, -0.2) is 4.68 Å². The normalized spacial score (nSPS) is 10.3. The van der Waals surface area contributed by atoms with Crippen molar-refractivity contribution in [2.45, 2.75) is 13.1 Å². The predicted molar refractivity (Wildman–Crippen MR) is 87.9 cm³/mol. The quantitative estimate of drug-likeness (QED) is 0.783. The number of rotatable bonds is 5. The van der Waals surface area contributed by atoms with Gasteiger partial charge in [0.1, 0.15) is 4.47 Å². The predicted octanol–water partition coefficient (Wildman–Crippen LogP) is 3.57. The van der Waals surface area contributed by atoms with E-state index >= 15 is 0 Å². The molecular weight excluding hydrogens is 386 g/mol. The van der Waals surface area contributed by atoms with Crippen LogP contribution in [-0.4, -0.2) is 9.78 Å². The van der Waals surface area contributed by atoms with Crippen molar-refractivity contribution in [1.82, 2.24) is 9.78 Å². The molecule has 0 amide bonds. The molecule has 104 valence electrons. The molecule has 0 aliphatic heterocycles. The minimum atomic E-state index is -0.177. The monoisotopic (exact) mass is 397 g/mol. The maximum absolute atomic E-state index is 12.0. The number of anilines is 1. The van der Waals surface area contributed by atoms with Gasteiger partial charge in [-0.2, -0.15) is 5.10 Å². The van der Waals surface area contributed by atoms with Crippen LogP contribution < -0.4 is 10.9 Å². The van der Waals surface area contributed by atoms with E-state index in [1.165, 1.54) is 4.68 Å². The van der Waals surface area contributed by atoms with Gasteiger partial charge in [0.05, 0.1) is 18.4 Å². The molecule has 4 nitrogen and oxygen atoms in total. The van der Waals surface area contributed by atoms with Crippen LogP contribution in [0.4, 0.5) is 5.69 Å². The molecule has 6 heteroatoms. The highest BCUT2D eigenvalue weighted by Gasteiger charge is 2.07. The highest BCUT2D eigenvalue weighted by molar-refractivity contribution is 9.10. The number of halogens is 2. The Hall–Kier alpha value is -1.40. The van der Waals surface area contributed by atoms with Gasteiger partial charge in [0.15, 0.2) is 0 Å². The van der Waals surface area contributed by atoms with E-state index in [9.17, 15) is 4.79 Å². The lowest BCUT2D eigenvalue weighted by atomic mass is 10.2. The van der Waals surface area contributed by atoms with Crippen LogP contribution in [-0.2, 0) is 13.1 Å². The maximum Gasteiger partial charge on any atom is 0.283 e. The second kappa shape index (κ2) is 6.85. The zero-order valence-electron chi connectivity index (χ0n) is 10.6. The van der Waals surface area contributed by atoms with Crippen molar-refractivity contribution in [3.05, 3.63) is 68.0 Å². The first-order valence-electron chi connectivity index (χ1n) is 5.96. The van der Waals surface area contributed by atoms with Crippen LogP contribution in [0.5, 0.6) is 0 Å². The molecule has 0 atom stereocenters. The highest BCUT2D eigenvalue weighted by atomic mass is 79.9. The summed E-state index contributed by atoms with van der Waals surface area (Å²) in [7, 11) is 0. The minimum Gasteiger partial charge on any atom is -0.379 e. The number of allylic oxidation sites excluding steroid dienone is 1. The van der Waals surface area contributed by atoms with E-state index < -0.39 is 0 Å². The summed E-state index contributed by atoms with van der Waals surface area (Å²) in [6.45, 7) is 4.61. The van der Waals surface area contributed by atoms with Gasteiger partial charge < -0.3 is 5.32 Å². The van der Waals surface area contributed by atoms with Crippen molar-refractivity contribution in [2.24, 2.45) is 0 Å². The standard InChI is InChI=1S/C14H13Br2N3O/c1-2-6-19-14(20)13(16)12(9-18-19)17-8-10-4-3-5-11(15)7-10/h2-5,7,9,17H,1,6,8H2. The fourth-order valence-corrected chi connectivity index (χ4v) is 2.58. The van der Waals surface area contributed by atoms with Crippen LogP contribution in [0.3, 0.4) is 0 Å². The molecular formula is C14H13Br2N3O. The summed E-state index contributed by atoms with van der Waals surface area (Å²) in [6.07, 6.45) is 3.27. The van der Waals surface area contributed by atoms with E-state index in [0.29, 0.717) is 23.2 Å². The molecule has 2 rings (SSSR count). The minimum absolute atomic E-state index is 0.177. The van der Waals surface area contributed by atoms with Gasteiger partial charge >= 0.3 is 0 Å². The SMILES string of the molecule is C=CCn1ncc(NCc2cccc(Br)c2)c(Br)c1=O. The van der Waals surface area contributed by atoms with Crippen molar-refractivity contribution >= 4 is 37.5 Å². The summed E-state index contributed by atoms with van der Waals surface area (Å²) >= 11 is 6.74. The molecule has 1 aromatic heterocycles. The molecule has 0 unspecified atom stereocenters. The molecule has 0 saturated heterocycles. The average molecular weight is 399 g/mol. The molecule has 0 bridgehead atoms. The van der Waals surface area contributed by atoms with Crippen LogP contribution in [0.1, 0.15) is 5.56 Å². The number of nitrogens with zero attached hydrogens (tertiary/aromatic N) is 2. The molecule has 20 heavy (non-hydrogen) atoms. The van der Waals surface area contributed by atoms with Crippen LogP contribution in [0.2, 0.25) is 0 Å². The number of benzene rings is 1. The zero-order chi connectivity index (χ0) is 14.5. The van der Waals surface area contributed by atoms with Gasteiger partial charge in [0, 0.05) is 11.0 Å². The molecule has 0 aliphatic rings. The van der Waals surface area contributed by atoms with Crippen molar-refractivity contribution in [2.75, 3.05) is 5.32 Å². The van der Waals surface area contributed by atoms with E-state index in [2.05, 4.69) is 48.9 Å². The molecule has 1 aromatic carbocycles. The summed E-state index contributed by atoms with van der Waals surface area (Å²) in [5, 5.41) is 7.29. The van der Waals surface area contributed by atoms with Gasteiger partial charge in [0.25, 0.3) is 5.56 Å². The van der Waals surface area contributed by atoms with Crippen molar-refractivity contribution in [3.8, 4) is 0 Å². The van der Waals surface area contributed by atoms with Gasteiger partial charge in [-0.15, -0.1) is 6.58 Å². The third-order valence-electron chi connectivity index (χ3n) is 2.66. The Bertz CT molecular complexity index is 682. The second-order valence-electron chi connectivity index (χ2n) is 4.13. The molecule has 0 aliphatic carbocycles. The van der Waals surface area contributed by atoms with Gasteiger partial charge in [-0.3, -0.25) is 4.79 Å². The summed E-state index contributed by atoms with van der Waals surface area (Å²) < 4.78 is 2.85.